The van der Waals surface area contributed by atoms with Crippen molar-refractivity contribution in [3.63, 3.8) is 0 Å². The third-order valence-electron chi connectivity index (χ3n) is 2.83. The summed E-state index contributed by atoms with van der Waals surface area (Å²) in [5.74, 6) is 0. The molecule has 1 aromatic heterocycles. The summed E-state index contributed by atoms with van der Waals surface area (Å²) in [6.45, 7) is 4.14. The number of aryl methyl sites for hydroxylation is 1. The summed E-state index contributed by atoms with van der Waals surface area (Å²) < 4.78 is 4.15. The Bertz CT molecular complexity index is 434. The number of hydrogen-bond donors (Lipinski definition) is 0. The summed E-state index contributed by atoms with van der Waals surface area (Å²) in [6, 6.07) is 10.5. The van der Waals surface area contributed by atoms with Crippen molar-refractivity contribution in [1.29, 1.82) is 0 Å². The van der Waals surface area contributed by atoms with Gasteiger partial charge in [0.2, 0.25) is 6.33 Å². The maximum atomic E-state index is 4.36. The van der Waals surface area contributed by atoms with Crippen LogP contribution in [0.1, 0.15) is 31.7 Å². The summed E-state index contributed by atoms with van der Waals surface area (Å²) in [5.41, 5.74) is 1.31. The van der Waals surface area contributed by atoms with Crippen molar-refractivity contribution in [3.05, 3.63) is 48.5 Å². The predicted octanol–water partition coefficient (Wildman–Crippen LogP) is 2.41. The van der Waals surface area contributed by atoms with Crippen molar-refractivity contribution >= 4 is 0 Å². The van der Waals surface area contributed by atoms with E-state index in [1.807, 2.05) is 17.1 Å². The van der Waals surface area contributed by atoms with E-state index in [1.165, 1.54) is 24.8 Å². The average molecular weight is 230 g/mol. The van der Waals surface area contributed by atoms with Crippen LogP contribution in [-0.2, 0) is 13.1 Å². The summed E-state index contributed by atoms with van der Waals surface area (Å²) in [5, 5.41) is 4.36. The molecule has 0 bridgehead atoms. The Hall–Kier alpha value is -1.64. The van der Waals surface area contributed by atoms with Crippen molar-refractivity contribution in [2.45, 2.75) is 39.3 Å². The quantitative estimate of drug-likeness (QED) is 0.551. The van der Waals surface area contributed by atoms with Crippen LogP contribution in [0.15, 0.2) is 43.0 Å². The van der Waals surface area contributed by atoms with Crippen molar-refractivity contribution in [3.8, 4) is 0 Å². The predicted molar refractivity (Wildman–Crippen MR) is 67.5 cm³/mol. The Morgan fingerprint density at radius 2 is 2.00 bits per heavy atom. The van der Waals surface area contributed by atoms with E-state index in [-0.39, 0.29) is 0 Å². The largest absolute Gasteiger partial charge is 0.265 e. The summed E-state index contributed by atoms with van der Waals surface area (Å²) >= 11 is 0. The van der Waals surface area contributed by atoms with Gasteiger partial charge in [-0.05, 0) is 12.0 Å². The van der Waals surface area contributed by atoms with Crippen LogP contribution in [-0.4, -0.2) is 9.78 Å². The number of hydrogen-bond acceptors (Lipinski definition) is 1. The molecular formula is C14H20N3+. The lowest BCUT2D eigenvalue weighted by atomic mass is 10.2. The molecule has 0 aliphatic carbocycles. The number of nitrogens with zero attached hydrogens (tertiary/aromatic N) is 3. The van der Waals surface area contributed by atoms with E-state index < -0.39 is 0 Å². The van der Waals surface area contributed by atoms with Gasteiger partial charge in [-0.25, -0.2) is 4.57 Å². The highest BCUT2D eigenvalue weighted by atomic mass is 15.3. The molecule has 0 saturated heterocycles. The molecule has 2 rings (SSSR count). The fraction of sp³-hybridized carbons (Fsp3) is 0.429. The smallest absolute Gasteiger partial charge is 0.233 e. The normalized spacial score (nSPS) is 10.6. The second-order valence-corrected chi connectivity index (χ2v) is 4.37. The Kier molecular flexibility index (Phi) is 4.30. The van der Waals surface area contributed by atoms with Gasteiger partial charge in [0.15, 0.2) is 0 Å². The van der Waals surface area contributed by atoms with Crippen molar-refractivity contribution in [1.82, 2.24) is 9.78 Å². The lowest BCUT2D eigenvalue weighted by Gasteiger charge is -1.96. The van der Waals surface area contributed by atoms with Crippen LogP contribution in [0.25, 0.3) is 0 Å². The van der Waals surface area contributed by atoms with Gasteiger partial charge in [0, 0.05) is 5.10 Å². The third-order valence-corrected chi connectivity index (χ3v) is 2.83. The molecule has 0 aliphatic heterocycles. The van der Waals surface area contributed by atoms with Crippen LogP contribution < -0.4 is 4.57 Å². The molecule has 17 heavy (non-hydrogen) atoms. The molecule has 0 amide bonds. The Labute approximate surface area is 103 Å². The average Bonchev–Trinajstić information content (AvgIpc) is 2.79. The zero-order valence-electron chi connectivity index (χ0n) is 10.4. The molecule has 90 valence electrons. The molecule has 0 fully saturated rings. The maximum Gasteiger partial charge on any atom is 0.265 e. The van der Waals surface area contributed by atoms with Gasteiger partial charge in [0.25, 0.3) is 6.33 Å². The fourth-order valence-corrected chi connectivity index (χ4v) is 1.88. The van der Waals surface area contributed by atoms with Crippen molar-refractivity contribution in [2.75, 3.05) is 0 Å². The van der Waals surface area contributed by atoms with Gasteiger partial charge in [0.1, 0.15) is 6.54 Å². The number of unbranched alkanes of at least 4 members (excludes halogenated alkanes) is 2. The highest BCUT2D eigenvalue weighted by Crippen LogP contribution is 1.98. The Morgan fingerprint density at radius 3 is 2.76 bits per heavy atom. The SMILES string of the molecule is CCCCCn1c[n+](Cc2ccccc2)cn1. The van der Waals surface area contributed by atoms with Crippen LogP contribution in [0.2, 0.25) is 0 Å². The first kappa shape index (κ1) is 11.8. The first-order valence-electron chi connectivity index (χ1n) is 6.34. The Balaban J connectivity index is 1.90. The summed E-state index contributed by atoms with van der Waals surface area (Å²) in [7, 11) is 0. The Morgan fingerprint density at radius 1 is 1.18 bits per heavy atom. The second kappa shape index (κ2) is 6.18. The van der Waals surface area contributed by atoms with Gasteiger partial charge in [-0.1, -0.05) is 50.1 Å². The molecule has 2 aromatic rings. The van der Waals surface area contributed by atoms with Crippen molar-refractivity contribution < 1.29 is 4.57 Å². The lowest BCUT2D eigenvalue weighted by Crippen LogP contribution is -2.31. The number of aromatic nitrogens is 3. The zero-order valence-corrected chi connectivity index (χ0v) is 10.4. The van der Waals surface area contributed by atoms with Crippen LogP contribution >= 0.6 is 0 Å². The number of rotatable bonds is 6. The first-order valence-corrected chi connectivity index (χ1v) is 6.34. The molecule has 1 heterocycles. The van der Waals surface area contributed by atoms with Gasteiger partial charge in [-0.3, -0.25) is 0 Å². The molecule has 0 N–H and O–H groups in total. The summed E-state index contributed by atoms with van der Waals surface area (Å²) in [6.07, 6.45) is 7.73. The highest BCUT2D eigenvalue weighted by Gasteiger charge is 2.05. The van der Waals surface area contributed by atoms with E-state index in [0.717, 1.165) is 13.1 Å². The van der Waals surface area contributed by atoms with E-state index in [9.17, 15) is 0 Å². The van der Waals surface area contributed by atoms with Crippen molar-refractivity contribution in [2.24, 2.45) is 0 Å². The molecule has 0 atom stereocenters. The molecule has 0 aliphatic rings. The van der Waals surface area contributed by atoms with Gasteiger partial charge in [-0.2, -0.15) is 0 Å². The molecule has 0 spiro atoms. The minimum Gasteiger partial charge on any atom is -0.233 e. The lowest BCUT2D eigenvalue weighted by molar-refractivity contribution is -0.689. The maximum absolute atomic E-state index is 4.36. The van der Waals surface area contributed by atoms with Crippen LogP contribution in [0.3, 0.4) is 0 Å². The molecule has 3 nitrogen and oxygen atoms in total. The zero-order chi connectivity index (χ0) is 11.9. The van der Waals surface area contributed by atoms with Crippen LogP contribution in [0, 0.1) is 0 Å². The highest BCUT2D eigenvalue weighted by molar-refractivity contribution is 5.13. The molecule has 1 aromatic carbocycles. The minimum absolute atomic E-state index is 0.897. The summed E-state index contributed by atoms with van der Waals surface area (Å²) in [4.78, 5) is 0. The molecular weight excluding hydrogens is 210 g/mol. The second-order valence-electron chi connectivity index (χ2n) is 4.37. The van der Waals surface area contributed by atoms with Gasteiger partial charge < -0.3 is 0 Å². The van der Waals surface area contributed by atoms with Gasteiger partial charge in [-0.15, -0.1) is 4.68 Å². The fourth-order valence-electron chi connectivity index (χ4n) is 1.88. The van der Waals surface area contributed by atoms with Gasteiger partial charge in [0.05, 0.1) is 6.54 Å². The van der Waals surface area contributed by atoms with Crippen LogP contribution in [0.5, 0.6) is 0 Å². The molecule has 0 unspecified atom stereocenters. The first-order chi connectivity index (χ1) is 8.38. The van der Waals surface area contributed by atoms with Crippen LogP contribution in [0.4, 0.5) is 0 Å². The van der Waals surface area contributed by atoms with E-state index in [0.29, 0.717) is 0 Å². The topological polar surface area (TPSA) is 21.7 Å². The molecule has 0 saturated carbocycles. The molecule has 3 heteroatoms. The standard InChI is InChI=1S/C14H20N3/c1-2-3-7-10-17-13-16(12-15-17)11-14-8-5-4-6-9-14/h4-6,8-9,12-13H,2-3,7,10-11H2,1H3/q+1. The molecule has 0 radical (unpaired) electrons. The van der Waals surface area contributed by atoms with E-state index in [4.69, 9.17) is 0 Å². The monoisotopic (exact) mass is 230 g/mol. The minimum atomic E-state index is 0.897. The van der Waals surface area contributed by atoms with E-state index >= 15 is 0 Å². The van der Waals surface area contributed by atoms with Gasteiger partial charge >= 0.3 is 0 Å². The third kappa shape index (κ3) is 3.70. The van der Waals surface area contributed by atoms with E-state index in [2.05, 4.69) is 47.2 Å². The van der Waals surface area contributed by atoms with E-state index in [1.54, 1.807) is 0 Å². The number of benzene rings is 1.